The highest BCUT2D eigenvalue weighted by molar-refractivity contribution is 6.39. The van der Waals surface area contributed by atoms with Crippen molar-refractivity contribution in [3.63, 3.8) is 0 Å². The third kappa shape index (κ3) is 8.90. The number of fused-ring (bicyclic) bond motifs is 1. The Hall–Kier alpha value is -2.73. The predicted molar refractivity (Wildman–Crippen MR) is 178 cm³/mol. The molecule has 3 N–H and O–H groups in total. The third-order valence-corrected chi connectivity index (χ3v) is 8.88. The molecule has 10 nitrogen and oxygen atoms in total. The van der Waals surface area contributed by atoms with Gasteiger partial charge in [0, 0.05) is 94.2 Å². The Morgan fingerprint density at radius 3 is 2.09 bits per heavy atom. The van der Waals surface area contributed by atoms with Gasteiger partial charge in [-0.15, -0.1) is 0 Å². The Balaban J connectivity index is 1.25. The van der Waals surface area contributed by atoms with Crippen LogP contribution >= 0.6 is 23.2 Å². The van der Waals surface area contributed by atoms with Crippen LogP contribution in [0.15, 0.2) is 36.5 Å². The number of carbonyl (C=O) groups is 1. The van der Waals surface area contributed by atoms with E-state index in [2.05, 4.69) is 54.6 Å². The number of amides is 2. The first-order valence-electron chi connectivity index (χ1n) is 15.2. The lowest BCUT2D eigenvalue weighted by atomic mass is 10.0. The van der Waals surface area contributed by atoms with E-state index in [0.29, 0.717) is 39.1 Å². The van der Waals surface area contributed by atoms with Crippen LogP contribution in [-0.2, 0) is 0 Å². The van der Waals surface area contributed by atoms with Gasteiger partial charge in [-0.2, -0.15) is 0 Å². The van der Waals surface area contributed by atoms with Crippen molar-refractivity contribution >= 4 is 51.8 Å². The predicted octanol–water partition coefficient (Wildman–Crippen LogP) is 4.41. The summed E-state index contributed by atoms with van der Waals surface area (Å²) in [5, 5.41) is 11.2. The third-order valence-electron chi connectivity index (χ3n) is 8.25. The molecule has 12 heteroatoms. The topological polar surface area (TPSA) is 91.9 Å². The molecule has 0 atom stereocenters. The molecule has 0 unspecified atom stereocenters. The SMILES string of the molecule is CN1CCN(CCCNC(=O)Nc2nc3cc(NCCCN4CCN(C)CC4)ncc3cc2-c2c(Cl)cccc2Cl)CC1. The lowest BCUT2D eigenvalue weighted by molar-refractivity contribution is 0.153. The van der Waals surface area contributed by atoms with Gasteiger partial charge in [-0.05, 0) is 58.2 Å². The van der Waals surface area contributed by atoms with Gasteiger partial charge in [0.25, 0.3) is 0 Å². The van der Waals surface area contributed by atoms with Crippen LogP contribution in [0.3, 0.4) is 0 Å². The maximum atomic E-state index is 13.0. The molecule has 2 aliphatic rings. The molecule has 0 radical (unpaired) electrons. The Morgan fingerprint density at radius 1 is 0.860 bits per heavy atom. The van der Waals surface area contributed by atoms with E-state index in [0.717, 1.165) is 96.0 Å². The largest absolute Gasteiger partial charge is 0.370 e. The molecule has 0 aliphatic carbocycles. The first-order valence-corrected chi connectivity index (χ1v) is 16.0. The maximum absolute atomic E-state index is 13.0. The standard InChI is InChI=1S/C31H43Cl2N9O/c1-39-12-16-41(17-13-39)10-4-8-34-28-21-27-23(22-36-28)20-24(29-25(32)6-3-7-26(29)33)30(37-27)38-31(43)35-9-5-11-42-18-14-40(2)15-19-42/h3,6-7,20-22H,4-5,8-19H2,1-2H3,(H,34,36)(H2,35,37,38,43). The van der Waals surface area contributed by atoms with Crippen molar-refractivity contribution in [2.24, 2.45) is 0 Å². The second kappa shape index (κ2) is 15.3. The number of nitrogens with zero attached hydrogens (tertiary/aromatic N) is 6. The molecule has 1 aromatic carbocycles. The fraction of sp³-hybridized carbons (Fsp3) is 0.516. The molecule has 2 amide bonds. The summed E-state index contributed by atoms with van der Waals surface area (Å²) in [5.74, 6) is 1.15. The molecule has 0 saturated carbocycles. The minimum absolute atomic E-state index is 0.314. The van der Waals surface area contributed by atoms with Crippen molar-refractivity contribution in [1.29, 1.82) is 0 Å². The molecule has 0 bridgehead atoms. The Labute approximate surface area is 264 Å². The number of anilines is 2. The molecular weight excluding hydrogens is 585 g/mol. The zero-order chi connectivity index (χ0) is 30.2. The average molecular weight is 629 g/mol. The Kier molecular flexibility index (Phi) is 11.3. The van der Waals surface area contributed by atoms with Crippen molar-refractivity contribution in [3.8, 4) is 11.1 Å². The van der Waals surface area contributed by atoms with Crippen LogP contribution in [-0.4, -0.2) is 128 Å². The molecule has 43 heavy (non-hydrogen) atoms. The lowest BCUT2D eigenvalue weighted by Gasteiger charge is -2.32. The number of carbonyl (C=O) groups excluding carboxylic acids is 1. The van der Waals surface area contributed by atoms with Crippen molar-refractivity contribution in [2.45, 2.75) is 12.8 Å². The number of pyridine rings is 2. The van der Waals surface area contributed by atoms with Gasteiger partial charge in [0.15, 0.2) is 0 Å². The fourth-order valence-electron chi connectivity index (χ4n) is 5.52. The van der Waals surface area contributed by atoms with Crippen molar-refractivity contribution in [3.05, 3.63) is 46.6 Å². The van der Waals surface area contributed by atoms with E-state index >= 15 is 0 Å². The zero-order valence-corrected chi connectivity index (χ0v) is 26.7. The van der Waals surface area contributed by atoms with Gasteiger partial charge in [0.1, 0.15) is 11.6 Å². The number of aromatic nitrogens is 2. The van der Waals surface area contributed by atoms with E-state index in [1.165, 1.54) is 0 Å². The molecule has 2 aromatic heterocycles. The highest BCUT2D eigenvalue weighted by Gasteiger charge is 2.18. The zero-order valence-electron chi connectivity index (χ0n) is 25.2. The van der Waals surface area contributed by atoms with Gasteiger partial charge in [-0.1, -0.05) is 29.3 Å². The van der Waals surface area contributed by atoms with Crippen LogP contribution < -0.4 is 16.0 Å². The van der Waals surface area contributed by atoms with Crippen LogP contribution in [0.4, 0.5) is 16.4 Å². The number of hydrogen-bond donors (Lipinski definition) is 3. The number of likely N-dealkylation sites (N-methyl/N-ethyl adjacent to an activating group) is 2. The molecular formula is C31H43Cl2N9O. The summed E-state index contributed by atoms with van der Waals surface area (Å²) in [6, 6.07) is 8.90. The van der Waals surface area contributed by atoms with Crippen LogP contribution in [0.2, 0.25) is 10.0 Å². The second-order valence-corrected chi connectivity index (χ2v) is 12.4. The van der Waals surface area contributed by atoms with E-state index < -0.39 is 0 Å². The summed E-state index contributed by atoms with van der Waals surface area (Å²) in [5.41, 5.74) is 1.98. The number of halogens is 2. The molecule has 4 heterocycles. The highest BCUT2D eigenvalue weighted by Crippen LogP contribution is 2.39. The smallest absolute Gasteiger partial charge is 0.320 e. The quantitative estimate of drug-likeness (QED) is 0.269. The number of urea groups is 1. The Morgan fingerprint density at radius 2 is 1.47 bits per heavy atom. The summed E-state index contributed by atoms with van der Waals surface area (Å²) in [7, 11) is 4.33. The molecule has 5 rings (SSSR count). The lowest BCUT2D eigenvalue weighted by Crippen LogP contribution is -2.45. The molecule has 0 spiro atoms. The average Bonchev–Trinajstić information content (AvgIpc) is 2.99. The van der Waals surface area contributed by atoms with Crippen molar-refractivity contribution in [2.75, 3.05) is 103 Å². The minimum Gasteiger partial charge on any atom is -0.370 e. The maximum Gasteiger partial charge on any atom is 0.320 e. The number of piperazine rings is 2. The van der Waals surface area contributed by atoms with Gasteiger partial charge in [0.05, 0.1) is 15.6 Å². The van der Waals surface area contributed by atoms with E-state index in [1.54, 1.807) is 24.4 Å². The van der Waals surface area contributed by atoms with Crippen LogP contribution in [0.1, 0.15) is 12.8 Å². The molecule has 3 aromatic rings. The van der Waals surface area contributed by atoms with E-state index in [-0.39, 0.29) is 6.03 Å². The monoisotopic (exact) mass is 627 g/mol. The summed E-state index contributed by atoms with van der Waals surface area (Å²) in [4.78, 5) is 32.1. The van der Waals surface area contributed by atoms with Crippen molar-refractivity contribution < 1.29 is 4.79 Å². The normalized spacial score (nSPS) is 17.3. The summed E-state index contributed by atoms with van der Waals surface area (Å²) in [6.45, 7) is 12.2. The van der Waals surface area contributed by atoms with Gasteiger partial charge in [-0.3, -0.25) is 5.32 Å². The molecule has 2 aliphatic heterocycles. The second-order valence-electron chi connectivity index (χ2n) is 11.5. The summed E-state index contributed by atoms with van der Waals surface area (Å²) < 4.78 is 0. The number of rotatable bonds is 11. The molecule has 232 valence electrons. The van der Waals surface area contributed by atoms with Gasteiger partial charge >= 0.3 is 6.03 Å². The first-order chi connectivity index (χ1) is 20.9. The first kappa shape index (κ1) is 31.7. The van der Waals surface area contributed by atoms with Gasteiger partial charge in [-0.25, -0.2) is 14.8 Å². The van der Waals surface area contributed by atoms with Gasteiger partial charge in [0.2, 0.25) is 0 Å². The molecule has 2 fully saturated rings. The van der Waals surface area contributed by atoms with E-state index in [1.807, 2.05) is 12.1 Å². The number of nitrogens with one attached hydrogen (secondary N) is 3. The fourth-order valence-corrected chi connectivity index (χ4v) is 6.12. The van der Waals surface area contributed by atoms with E-state index in [4.69, 9.17) is 28.2 Å². The summed E-state index contributed by atoms with van der Waals surface area (Å²) in [6.07, 6.45) is 3.70. The van der Waals surface area contributed by atoms with E-state index in [9.17, 15) is 4.79 Å². The number of hydrogen-bond acceptors (Lipinski definition) is 8. The van der Waals surface area contributed by atoms with Crippen LogP contribution in [0.5, 0.6) is 0 Å². The van der Waals surface area contributed by atoms with Crippen LogP contribution in [0.25, 0.3) is 22.0 Å². The Bertz CT molecular complexity index is 1350. The highest BCUT2D eigenvalue weighted by atomic mass is 35.5. The van der Waals surface area contributed by atoms with Crippen molar-refractivity contribution in [1.82, 2.24) is 34.9 Å². The number of benzene rings is 1. The summed E-state index contributed by atoms with van der Waals surface area (Å²) >= 11 is 13.2. The van der Waals surface area contributed by atoms with Crippen LogP contribution in [0, 0.1) is 0 Å². The minimum atomic E-state index is -0.314. The molecule has 2 saturated heterocycles. The van der Waals surface area contributed by atoms with Gasteiger partial charge < -0.3 is 30.2 Å².